The molecule has 0 unspecified atom stereocenters. The number of hydrogen-bond donors (Lipinski definition) is 2. The number of halogens is 1. The number of nitrogens with one attached hydrogen (secondary N) is 2. The van der Waals surface area contributed by atoms with Crippen LogP contribution in [0.25, 0.3) is 0 Å². The number of anilines is 1. The van der Waals surface area contributed by atoms with E-state index in [4.69, 9.17) is 11.6 Å². The first-order valence-electron chi connectivity index (χ1n) is 8.28. The maximum Gasteiger partial charge on any atom is 0.261 e. The lowest BCUT2D eigenvalue weighted by atomic mass is 10.1. The molecule has 0 aliphatic carbocycles. The summed E-state index contributed by atoms with van der Waals surface area (Å²) in [6.07, 6.45) is 0. The fraction of sp³-hybridized carbons (Fsp3) is 0.316. The maximum absolute atomic E-state index is 12.7. The van der Waals surface area contributed by atoms with Gasteiger partial charge in [0.15, 0.2) is 0 Å². The third-order valence-corrected chi connectivity index (χ3v) is 5.65. The zero-order valence-electron chi connectivity index (χ0n) is 15.3. The fourth-order valence-corrected chi connectivity index (χ4v) is 3.53. The van der Waals surface area contributed by atoms with E-state index in [-0.39, 0.29) is 10.8 Å². The largest absolute Gasteiger partial charge is 0.352 e. The maximum atomic E-state index is 12.7. The highest BCUT2D eigenvalue weighted by molar-refractivity contribution is 7.92. The van der Waals surface area contributed by atoms with Crippen LogP contribution in [-0.4, -0.2) is 20.9 Å². The standard InChI is InChI=1S/C19H23ClN2O3S/c1-12(2)11-21-19(23)17-10-16(8-6-13(17)3)26(24,25)22-15-7-5-14(4)18(20)9-15/h5-10,12,22H,11H2,1-4H3,(H,21,23). The van der Waals surface area contributed by atoms with Crippen molar-refractivity contribution in [3.63, 3.8) is 0 Å². The second kappa shape index (κ2) is 8.10. The molecule has 2 aromatic rings. The molecule has 0 aliphatic rings. The van der Waals surface area contributed by atoms with Crippen molar-refractivity contribution in [3.8, 4) is 0 Å². The van der Waals surface area contributed by atoms with E-state index in [1.165, 1.54) is 12.1 Å². The zero-order valence-corrected chi connectivity index (χ0v) is 16.8. The van der Waals surface area contributed by atoms with Gasteiger partial charge in [-0.1, -0.05) is 37.6 Å². The highest BCUT2D eigenvalue weighted by atomic mass is 35.5. The normalized spacial score (nSPS) is 11.5. The number of benzene rings is 2. The molecule has 0 aromatic heterocycles. The summed E-state index contributed by atoms with van der Waals surface area (Å²) < 4.78 is 27.8. The molecule has 7 heteroatoms. The molecule has 2 N–H and O–H groups in total. The molecule has 0 saturated heterocycles. The highest BCUT2D eigenvalue weighted by Gasteiger charge is 2.18. The molecular formula is C19H23ClN2O3S. The molecule has 1 amide bonds. The average molecular weight is 395 g/mol. The Balaban J connectivity index is 2.30. The van der Waals surface area contributed by atoms with Crippen LogP contribution in [0.3, 0.4) is 0 Å². The van der Waals surface area contributed by atoms with E-state index in [1.54, 1.807) is 31.2 Å². The van der Waals surface area contributed by atoms with Gasteiger partial charge in [-0.05, 0) is 55.2 Å². The van der Waals surface area contributed by atoms with E-state index in [2.05, 4.69) is 10.0 Å². The van der Waals surface area contributed by atoms with Crippen LogP contribution < -0.4 is 10.0 Å². The van der Waals surface area contributed by atoms with Crippen LogP contribution in [0.4, 0.5) is 5.69 Å². The molecular weight excluding hydrogens is 372 g/mol. The third-order valence-electron chi connectivity index (χ3n) is 3.86. The van der Waals surface area contributed by atoms with Gasteiger partial charge in [0, 0.05) is 17.1 Å². The van der Waals surface area contributed by atoms with E-state index in [1.807, 2.05) is 20.8 Å². The Morgan fingerprint density at radius 3 is 2.35 bits per heavy atom. The first-order chi connectivity index (χ1) is 12.1. The van der Waals surface area contributed by atoms with Gasteiger partial charge in [-0.25, -0.2) is 8.42 Å². The SMILES string of the molecule is Cc1ccc(NS(=O)(=O)c2ccc(C)c(C(=O)NCC(C)C)c2)cc1Cl. The van der Waals surface area contributed by atoms with Crippen LogP contribution in [0, 0.1) is 19.8 Å². The molecule has 0 atom stereocenters. The van der Waals surface area contributed by atoms with Crippen molar-refractivity contribution in [2.45, 2.75) is 32.6 Å². The summed E-state index contributed by atoms with van der Waals surface area (Å²) in [6.45, 7) is 8.11. The zero-order chi connectivity index (χ0) is 19.5. The summed E-state index contributed by atoms with van der Waals surface area (Å²) in [5.41, 5.74) is 2.28. The lowest BCUT2D eigenvalue weighted by Gasteiger charge is -2.13. The van der Waals surface area contributed by atoms with Crippen LogP contribution in [0.2, 0.25) is 5.02 Å². The van der Waals surface area contributed by atoms with Gasteiger partial charge in [0.2, 0.25) is 0 Å². The summed E-state index contributed by atoms with van der Waals surface area (Å²) in [5, 5.41) is 3.28. The van der Waals surface area contributed by atoms with Crippen molar-refractivity contribution in [1.82, 2.24) is 5.32 Å². The average Bonchev–Trinajstić information content (AvgIpc) is 2.56. The molecule has 0 spiro atoms. The Morgan fingerprint density at radius 2 is 1.73 bits per heavy atom. The molecule has 26 heavy (non-hydrogen) atoms. The van der Waals surface area contributed by atoms with E-state index < -0.39 is 10.0 Å². The predicted molar refractivity (Wildman–Crippen MR) is 105 cm³/mol. The van der Waals surface area contributed by atoms with Crippen molar-refractivity contribution >= 4 is 33.2 Å². The fourth-order valence-electron chi connectivity index (χ4n) is 2.28. The van der Waals surface area contributed by atoms with Crippen LogP contribution in [-0.2, 0) is 10.0 Å². The van der Waals surface area contributed by atoms with Gasteiger partial charge in [0.05, 0.1) is 10.6 Å². The Hall–Kier alpha value is -2.05. The molecule has 2 aromatic carbocycles. The second-order valence-corrected chi connectivity index (χ2v) is 8.74. The first-order valence-corrected chi connectivity index (χ1v) is 10.1. The number of amides is 1. The second-order valence-electron chi connectivity index (χ2n) is 6.65. The van der Waals surface area contributed by atoms with E-state index in [0.717, 1.165) is 5.56 Å². The minimum Gasteiger partial charge on any atom is -0.352 e. The van der Waals surface area contributed by atoms with Crippen LogP contribution in [0.1, 0.15) is 35.3 Å². The minimum atomic E-state index is -3.84. The van der Waals surface area contributed by atoms with Gasteiger partial charge < -0.3 is 5.32 Å². The Labute approximate surface area is 159 Å². The molecule has 0 aliphatic heterocycles. The minimum absolute atomic E-state index is 0.0227. The molecule has 140 valence electrons. The predicted octanol–water partition coefficient (Wildman–Crippen LogP) is 4.14. The van der Waals surface area contributed by atoms with E-state index in [9.17, 15) is 13.2 Å². The summed E-state index contributed by atoms with van der Waals surface area (Å²) in [6, 6.07) is 9.43. The number of carbonyl (C=O) groups is 1. The molecule has 0 radical (unpaired) electrons. The lowest BCUT2D eigenvalue weighted by molar-refractivity contribution is 0.0948. The summed E-state index contributed by atoms with van der Waals surface area (Å²) in [4.78, 5) is 12.4. The van der Waals surface area contributed by atoms with E-state index >= 15 is 0 Å². The Kier molecular flexibility index (Phi) is 6.31. The number of sulfonamides is 1. The van der Waals surface area contributed by atoms with Crippen molar-refractivity contribution in [2.24, 2.45) is 5.92 Å². The van der Waals surface area contributed by atoms with Crippen LogP contribution >= 0.6 is 11.6 Å². The quantitative estimate of drug-likeness (QED) is 0.772. The number of aryl methyl sites for hydroxylation is 2. The van der Waals surface area contributed by atoms with Crippen molar-refractivity contribution in [1.29, 1.82) is 0 Å². The van der Waals surface area contributed by atoms with Gasteiger partial charge in [0.25, 0.3) is 15.9 Å². The molecule has 0 heterocycles. The molecule has 0 fully saturated rings. The summed E-state index contributed by atoms with van der Waals surface area (Å²) in [5.74, 6) is 0.0192. The monoisotopic (exact) mass is 394 g/mol. The third kappa shape index (κ3) is 4.99. The van der Waals surface area contributed by atoms with Gasteiger partial charge in [-0.3, -0.25) is 9.52 Å². The topological polar surface area (TPSA) is 75.3 Å². The van der Waals surface area contributed by atoms with E-state index in [0.29, 0.717) is 34.3 Å². The van der Waals surface area contributed by atoms with Gasteiger partial charge in [-0.2, -0.15) is 0 Å². The van der Waals surface area contributed by atoms with Gasteiger partial charge in [0.1, 0.15) is 0 Å². The molecule has 0 saturated carbocycles. The first kappa shape index (κ1) is 20.3. The smallest absolute Gasteiger partial charge is 0.261 e. The van der Waals surface area contributed by atoms with Crippen molar-refractivity contribution in [2.75, 3.05) is 11.3 Å². The number of carbonyl (C=O) groups excluding carboxylic acids is 1. The molecule has 0 bridgehead atoms. The van der Waals surface area contributed by atoms with Crippen LogP contribution in [0.15, 0.2) is 41.3 Å². The Morgan fingerprint density at radius 1 is 1.08 bits per heavy atom. The molecule has 2 rings (SSSR count). The van der Waals surface area contributed by atoms with Gasteiger partial charge >= 0.3 is 0 Å². The molecule has 5 nitrogen and oxygen atoms in total. The number of hydrogen-bond acceptors (Lipinski definition) is 3. The lowest BCUT2D eigenvalue weighted by Crippen LogP contribution is -2.28. The van der Waals surface area contributed by atoms with Gasteiger partial charge in [-0.15, -0.1) is 0 Å². The number of rotatable bonds is 6. The van der Waals surface area contributed by atoms with Crippen LogP contribution in [0.5, 0.6) is 0 Å². The Bertz CT molecular complexity index is 924. The highest BCUT2D eigenvalue weighted by Crippen LogP contribution is 2.23. The summed E-state index contributed by atoms with van der Waals surface area (Å²) in [7, 11) is -3.84. The van der Waals surface area contributed by atoms with Crippen molar-refractivity contribution in [3.05, 3.63) is 58.1 Å². The van der Waals surface area contributed by atoms with Crippen molar-refractivity contribution < 1.29 is 13.2 Å². The summed E-state index contributed by atoms with van der Waals surface area (Å²) >= 11 is 6.05.